The highest BCUT2D eigenvalue weighted by molar-refractivity contribution is 5.82. The van der Waals surface area contributed by atoms with Gasteiger partial charge in [0.05, 0.1) is 2.74 Å². The molecular formula is C3H3FO2. The number of rotatable bonds is 1. The largest absolute Gasteiger partial charge is 0.476 e. The molecule has 0 radical (unpaired) electrons. The minimum Gasteiger partial charge on any atom is -0.476 e. The molecule has 0 atom stereocenters. The fourth-order valence-corrected chi connectivity index (χ4v) is 0. The van der Waals surface area contributed by atoms with Crippen molar-refractivity contribution in [2.45, 2.75) is 0 Å². The fourth-order valence-electron chi connectivity index (χ4n) is 0. The molecule has 0 unspecified atom stereocenters. The van der Waals surface area contributed by atoms with Crippen molar-refractivity contribution >= 4 is 5.97 Å². The van der Waals surface area contributed by atoms with Crippen molar-refractivity contribution in [2.24, 2.45) is 0 Å². The van der Waals surface area contributed by atoms with Crippen LogP contribution in [0.15, 0.2) is 12.4 Å². The maximum absolute atomic E-state index is 11.8. The summed E-state index contributed by atoms with van der Waals surface area (Å²) in [4.78, 5) is 9.87. The standard InChI is InChI=1S/C3H3FO2/c1-2(4)3(5)6/h1H2,(H,5,6)/i1D2/hD. The summed E-state index contributed by atoms with van der Waals surface area (Å²) in [6.07, 6.45) is 0. The van der Waals surface area contributed by atoms with Crippen molar-refractivity contribution in [1.29, 1.82) is 1.43 Å². The molecule has 0 amide bonds. The Morgan fingerprint density at radius 3 is 3.17 bits per heavy atom. The fraction of sp³-hybridized carbons (Fsp3) is 0. The second-order valence-corrected chi connectivity index (χ2v) is 0.601. The van der Waals surface area contributed by atoms with E-state index >= 15 is 0 Å². The average molecular weight is 93.1 g/mol. The number of aliphatic carboxylic acids is 1. The summed E-state index contributed by atoms with van der Waals surface area (Å²) in [5.74, 6) is -3.28. The van der Waals surface area contributed by atoms with Gasteiger partial charge in [0.2, 0.25) is 5.83 Å². The Hall–Kier alpha value is -0.860. The van der Waals surface area contributed by atoms with E-state index < -0.39 is 18.3 Å². The molecule has 3 heteroatoms. The van der Waals surface area contributed by atoms with Gasteiger partial charge >= 0.3 is 5.97 Å². The van der Waals surface area contributed by atoms with E-state index in [0.717, 1.165) is 0 Å². The Morgan fingerprint density at radius 2 is 3.00 bits per heavy atom. The van der Waals surface area contributed by atoms with Crippen LogP contribution in [0.4, 0.5) is 4.39 Å². The summed E-state index contributed by atoms with van der Waals surface area (Å²) < 4.78 is 30.1. The highest BCUT2D eigenvalue weighted by Crippen LogP contribution is 1.86. The zero-order valence-corrected chi connectivity index (χ0v) is 2.69. The highest BCUT2D eigenvalue weighted by Gasteiger charge is 1.96. The number of hydrogen-bond acceptors (Lipinski definition) is 2. The molecule has 34 valence electrons. The van der Waals surface area contributed by atoms with Gasteiger partial charge in [0.25, 0.3) is 1.43 Å². The number of carboxylic acids is 1. The first-order valence-electron chi connectivity index (χ1n) is 2.51. The quantitative estimate of drug-likeness (QED) is 0.481. The zero-order valence-electron chi connectivity index (χ0n) is 5.69. The van der Waals surface area contributed by atoms with Crippen LogP contribution in [0, 0.1) is 0 Å². The second-order valence-electron chi connectivity index (χ2n) is 0.601. The van der Waals surface area contributed by atoms with E-state index in [2.05, 4.69) is 5.11 Å². The van der Waals surface area contributed by atoms with Crippen LogP contribution in [0.3, 0.4) is 0 Å². The predicted octanol–water partition coefficient (Wildman–Crippen LogP) is 0.554. The van der Waals surface area contributed by atoms with Crippen LogP contribution in [0.2, 0.25) is 0 Å². The summed E-state index contributed by atoms with van der Waals surface area (Å²) in [6, 6.07) is 0. The van der Waals surface area contributed by atoms with Gasteiger partial charge in [0.15, 0.2) is 0 Å². The topological polar surface area (TPSA) is 37.3 Å². The number of carbonyl (C=O) groups is 1. The van der Waals surface area contributed by atoms with Crippen LogP contribution in [-0.2, 0) is 4.79 Å². The average Bonchev–Trinajstić information content (AvgIpc) is 1.84. The van der Waals surface area contributed by atoms with Crippen LogP contribution in [0.1, 0.15) is 2.74 Å². The minimum atomic E-state index is -1.66. The predicted molar refractivity (Wildman–Crippen MR) is 17.9 cm³/mol. The van der Waals surface area contributed by atoms with E-state index in [1.54, 1.807) is 0 Å². The second kappa shape index (κ2) is 1.55. The molecule has 1 N–H and O–H groups in total. The van der Waals surface area contributed by atoms with Gasteiger partial charge in [-0.05, 0) is 0 Å². The highest BCUT2D eigenvalue weighted by atomic mass is 19.1. The summed E-state index contributed by atoms with van der Waals surface area (Å²) in [6.45, 7) is -1.28. The van der Waals surface area contributed by atoms with Crippen molar-refractivity contribution in [3.8, 4) is 0 Å². The van der Waals surface area contributed by atoms with Gasteiger partial charge < -0.3 is 5.11 Å². The van der Waals surface area contributed by atoms with Gasteiger partial charge in [-0.25, -0.2) is 4.79 Å². The number of hydrogen-bond donors (Lipinski definition) is 1. The molecule has 0 spiro atoms. The summed E-state index contributed by atoms with van der Waals surface area (Å²) in [5.41, 5.74) is 0. The van der Waals surface area contributed by atoms with Crippen LogP contribution < -0.4 is 0 Å². The van der Waals surface area contributed by atoms with Gasteiger partial charge in [0, 0.05) is 0 Å². The monoisotopic (exact) mass is 93.0 g/mol. The maximum atomic E-state index is 11.8. The molecule has 0 fully saturated rings. The zero-order chi connectivity index (χ0) is 7.44. The molecule has 6 heavy (non-hydrogen) atoms. The Kier molecular flexibility index (Phi) is 0.445. The molecule has 0 rings (SSSR count). The van der Waals surface area contributed by atoms with Gasteiger partial charge in [-0.15, -0.1) is 0 Å². The minimum absolute atomic E-state index is 1.28. The van der Waals surface area contributed by atoms with Gasteiger partial charge in [-0.1, -0.05) is 6.53 Å². The molecule has 0 heterocycles. The van der Waals surface area contributed by atoms with E-state index in [9.17, 15) is 9.18 Å². The lowest BCUT2D eigenvalue weighted by Crippen LogP contribution is -1.90. The summed E-state index contributed by atoms with van der Waals surface area (Å²) in [5, 5.41) is 3.11. The SMILES string of the molecule is [2H]OC(=O)C(F)=C([2H])[2H]. The first-order chi connectivity index (χ1) is 4.09. The molecule has 0 aliphatic rings. The first kappa shape index (κ1) is 1.73. The third-order valence-corrected chi connectivity index (χ3v) is 0.179. The molecule has 0 aliphatic carbocycles. The lowest BCUT2D eigenvalue weighted by atomic mass is 10.6. The molecule has 0 saturated heterocycles. The van der Waals surface area contributed by atoms with Crippen LogP contribution >= 0.6 is 0 Å². The first-order valence-corrected chi connectivity index (χ1v) is 1.10. The van der Waals surface area contributed by atoms with E-state index in [1.165, 1.54) is 0 Å². The van der Waals surface area contributed by atoms with Gasteiger partial charge in [-0.3, -0.25) is 0 Å². The van der Waals surface area contributed by atoms with Crippen molar-refractivity contribution < 1.29 is 17.0 Å². The molecule has 0 bridgehead atoms. The number of halogens is 1. The third-order valence-electron chi connectivity index (χ3n) is 0.179. The Morgan fingerprint density at radius 1 is 2.33 bits per heavy atom. The van der Waals surface area contributed by atoms with Gasteiger partial charge in [0.1, 0.15) is 0 Å². The van der Waals surface area contributed by atoms with Crippen molar-refractivity contribution in [3.63, 3.8) is 0 Å². The van der Waals surface area contributed by atoms with E-state index in [4.69, 9.17) is 4.17 Å². The van der Waals surface area contributed by atoms with Crippen LogP contribution in [0.5, 0.6) is 0 Å². The van der Waals surface area contributed by atoms with Gasteiger partial charge in [-0.2, -0.15) is 4.39 Å². The number of carboxylic acid groups (broad SMARTS) is 1. The van der Waals surface area contributed by atoms with Crippen molar-refractivity contribution in [1.82, 2.24) is 0 Å². The maximum Gasteiger partial charge on any atom is 0.364 e. The molecule has 0 aromatic rings. The van der Waals surface area contributed by atoms with Crippen molar-refractivity contribution in [3.05, 3.63) is 12.4 Å². The Bertz CT molecular complexity index is 151. The van der Waals surface area contributed by atoms with E-state index in [-0.39, 0.29) is 0 Å². The van der Waals surface area contributed by atoms with E-state index in [0.29, 0.717) is 0 Å². The molecule has 0 saturated carbocycles. The smallest absolute Gasteiger partial charge is 0.364 e. The van der Waals surface area contributed by atoms with Crippen molar-refractivity contribution in [2.75, 3.05) is 0 Å². The molecule has 0 aromatic carbocycles. The lowest BCUT2D eigenvalue weighted by molar-refractivity contribution is -0.134. The molecule has 0 aromatic heterocycles. The Labute approximate surface area is 38.2 Å². The summed E-state index contributed by atoms with van der Waals surface area (Å²) in [7, 11) is 0. The summed E-state index contributed by atoms with van der Waals surface area (Å²) >= 11 is 0. The molecule has 2 nitrogen and oxygen atoms in total. The molecule has 0 aliphatic heterocycles. The van der Waals surface area contributed by atoms with E-state index in [1.807, 2.05) is 0 Å². The Balaban J connectivity index is 4.21. The third kappa shape index (κ3) is 1.46. The van der Waals surface area contributed by atoms with Crippen LogP contribution in [0.25, 0.3) is 1.43 Å². The van der Waals surface area contributed by atoms with Crippen LogP contribution in [-0.4, -0.2) is 11.1 Å². The normalized spacial score (nSPS) is 13.2. The lowest BCUT2D eigenvalue weighted by Gasteiger charge is -1.75. The molecular weight excluding hydrogens is 87.0 g/mol.